The predicted octanol–water partition coefficient (Wildman–Crippen LogP) is 1.39. The summed E-state index contributed by atoms with van der Waals surface area (Å²) in [7, 11) is 3.29. The van der Waals surface area contributed by atoms with Gasteiger partial charge < -0.3 is 10.4 Å². The average molecular weight is 303 g/mol. The number of nitrogens with zero attached hydrogens (tertiary/aromatic N) is 2. The van der Waals surface area contributed by atoms with Gasteiger partial charge in [-0.15, -0.1) is 0 Å². The second-order valence-electron chi connectivity index (χ2n) is 5.28. The van der Waals surface area contributed by atoms with Crippen molar-refractivity contribution in [3.8, 4) is 5.88 Å². The van der Waals surface area contributed by atoms with Crippen LogP contribution in [0.1, 0.15) is 22.7 Å². The van der Waals surface area contributed by atoms with Crippen LogP contribution in [0.3, 0.4) is 0 Å². The highest BCUT2D eigenvalue weighted by Crippen LogP contribution is 2.31. The molecule has 0 aliphatic carbocycles. The normalized spacial score (nSPS) is 17.5. The van der Waals surface area contributed by atoms with Gasteiger partial charge in [-0.3, -0.25) is 13.9 Å². The monoisotopic (exact) mass is 303 g/mol. The van der Waals surface area contributed by atoms with Crippen LogP contribution in [-0.2, 0) is 20.5 Å². The van der Waals surface area contributed by atoms with E-state index in [0.29, 0.717) is 10.3 Å². The number of rotatable bonds is 1. The highest BCUT2D eigenvalue weighted by molar-refractivity contribution is 7.71. The molecule has 0 amide bonds. The van der Waals surface area contributed by atoms with E-state index in [2.05, 4.69) is 11.4 Å². The van der Waals surface area contributed by atoms with Crippen molar-refractivity contribution in [1.29, 1.82) is 0 Å². The first-order chi connectivity index (χ1) is 10.0. The molecule has 0 spiro atoms. The van der Waals surface area contributed by atoms with Crippen LogP contribution in [0.4, 0.5) is 0 Å². The topological polar surface area (TPSA) is 59.2 Å². The van der Waals surface area contributed by atoms with Crippen molar-refractivity contribution < 1.29 is 5.11 Å². The maximum atomic E-state index is 12.6. The maximum absolute atomic E-state index is 12.6. The Hall–Kier alpha value is -1.92. The predicted molar refractivity (Wildman–Crippen MR) is 83.1 cm³/mol. The molecule has 0 unspecified atom stereocenters. The smallest absolute Gasteiger partial charge is 0.263 e. The summed E-state index contributed by atoms with van der Waals surface area (Å²) in [6.07, 6.45) is 0.916. The van der Waals surface area contributed by atoms with Crippen molar-refractivity contribution in [2.24, 2.45) is 14.1 Å². The fraction of sp³-hybridized carbons (Fsp3) is 0.333. The molecule has 110 valence electrons. The van der Waals surface area contributed by atoms with E-state index in [1.54, 1.807) is 14.1 Å². The summed E-state index contributed by atoms with van der Waals surface area (Å²) in [4.78, 5) is 12.6. The van der Waals surface area contributed by atoms with E-state index in [-0.39, 0.29) is 17.5 Å². The molecule has 0 bridgehead atoms. The molecule has 2 aromatic rings. The Labute approximate surface area is 127 Å². The first kappa shape index (κ1) is 14.0. The van der Waals surface area contributed by atoms with Gasteiger partial charge >= 0.3 is 0 Å². The molecule has 1 aromatic carbocycles. The molecule has 5 nitrogen and oxygen atoms in total. The average Bonchev–Trinajstić information content (AvgIpc) is 2.51. The molecule has 2 heterocycles. The summed E-state index contributed by atoms with van der Waals surface area (Å²) < 4.78 is 3.15. The molecule has 0 fully saturated rings. The van der Waals surface area contributed by atoms with E-state index in [1.807, 2.05) is 18.2 Å². The van der Waals surface area contributed by atoms with Gasteiger partial charge in [0, 0.05) is 20.6 Å². The molecule has 2 N–H and O–H groups in total. The zero-order chi connectivity index (χ0) is 15.1. The second-order valence-corrected chi connectivity index (χ2v) is 5.64. The Morgan fingerprint density at radius 3 is 2.76 bits per heavy atom. The highest BCUT2D eigenvalue weighted by atomic mass is 32.1. The Balaban J connectivity index is 2.29. The molecular formula is C15H17N3O2S. The van der Waals surface area contributed by atoms with Crippen LogP contribution in [0.25, 0.3) is 0 Å². The van der Waals surface area contributed by atoms with Crippen molar-refractivity contribution in [3.63, 3.8) is 0 Å². The lowest BCUT2D eigenvalue weighted by atomic mass is 9.90. The first-order valence-electron chi connectivity index (χ1n) is 6.82. The van der Waals surface area contributed by atoms with Crippen molar-refractivity contribution in [2.75, 3.05) is 6.54 Å². The first-order valence-corrected chi connectivity index (χ1v) is 7.23. The van der Waals surface area contributed by atoms with Crippen LogP contribution in [0, 0.1) is 4.77 Å². The van der Waals surface area contributed by atoms with Crippen LogP contribution in [0.15, 0.2) is 29.1 Å². The molecule has 3 rings (SSSR count). The molecule has 1 aliphatic rings. The van der Waals surface area contributed by atoms with Crippen molar-refractivity contribution in [3.05, 3.63) is 56.1 Å². The van der Waals surface area contributed by atoms with Gasteiger partial charge in [0.2, 0.25) is 5.88 Å². The number of nitrogens with one attached hydrogen (secondary N) is 1. The minimum atomic E-state index is -0.310. The number of aromatic nitrogens is 2. The summed E-state index contributed by atoms with van der Waals surface area (Å²) in [6, 6.07) is 7.68. The summed E-state index contributed by atoms with van der Waals surface area (Å²) >= 11 is 5.15. The molecule has 6 heteroatoms. The molecule has 0 saturated heterocycles. The maximum Gasteiger partial charge on any atom is 0.263 e. The van der Waals surface area contributed by atoms with Gasteiger partial charge in [-0.05, 0) is 29.8 Å². The fourth-order valence-corrected chi connectivity index (χ4v) is 3.04. The zero-order valence-corrected chi connectivity index (χ0v) is 12.8. The van der Waals surface area contributed by atoms with Gasteiger partial charge in [0.25, 0.3) is 5.56 Å². The Bertz CT molecular complexity index is 823. The minimum Gasteiger partial charge on any atom is -0.494 e. The second kappa shape index (κ2) is 5.13. The van der Waals surface area contributed by atoms with E-state index < -0.39 is 0 Å². The molecular weight excluding hydrogens is 286 g/mol. The number of hydrogen-bond acceptors (Lipinski definition) is 4. The third kappa shape index (κ3) is 2.11. The van der Waals surface area contributed by atoms with Gasteiger partial charge in [0.1, 0.15) is 0 Å². The largest absolute Gasteiger partial charge is 0.494 e. The molecule has 1 atom stereocenters. The fourth-order valence-electron chi connectivity index (χ4n) is 2.87. The lowest BCUT2D eigenvalue weighted by Gasteiger charge is -2.28. The lowest BCUT2D eigenvalue weighted by molar-refractivity contribution is 0.395. The highest BCUT2D eigenvalue weighted by Gasteiger charge is 2.27. The van der Waals surface area contributed by atoms with Gasteiger partial charge in [0.05, 0.1) is 11.6 Å². The van der Waals surface area contributed by atoms with E-state index in [0.717, 1.165) is 18.5 Å². The molecule has 1 aliphatic heterocycles. The molecule has 0 radical (unpaired) electrons. The van der Waals surface area contributed by atoms with Crippen LogP contribution < -0.4 is 10.9 Å². The van der Waals surface area contributed by atoms with Gasteiger partial charge in [-0.2, -0.15) is 0 Å². The van der Waals surface area contributed by atoms with E-state index in [1.165, 1.54) is 14.7 Å². The van der Waals surface area contributed by atoms with Gasteiger partial charge in [-0.1, -0.05) is 24.3 Å². The third-order valence-corrected chi connectivity index (χ3v) is 4.61. The number of benzene rings is 1. The summed E-state index contributed by atoms with van der Waals surface area (Å²) in [5.41, 5.74) is 2.33. The summed E-state index contributed by atoms with van der Waals surface area (Å²) in [5.74, 6) is -0.0719. The summed E-state index contributed by atoms with van der Waals surface area (Å²) in [5, 5.41) is 13.7. The lowest BCUT2D eigenvalue weighted by Crippen LogP contribution is -2.37. The summed E-state index contributed by atoms with van der Waals surface area (Å²) in [6.45, 7) is 0.767. The minimum absolute atomic E-state index is 0.0719. The van der Waals surface area contributed by atoms with E-state index in [9.17, 15) is 9.90 Å². The van der Waals surface area contributed by atoms with Crippen molar-refractivity contribution in [2.45, 2.75) is 12.5 Å². The Morgan fingerprint density at radius 2 is 2.00 bits per heavy atom. The van der Waals surface area contributed by atoms with E-state index in [4.69, 9.17) is 12.2 Å². The van der Waals surface area contributed by atoms with E-state index >= 15 is 0 Å². The zero-order valence-electron chi connectivity index (χ0n) is 12.0. The quantitative estimate of drug-likeness (QED) is 0.782. The molecule has 0 saturated carbocycles. The standard InChI is InChI=1S/C15H17N3O2S/c1-17-13(19)11(14(20)18(2)15(17)21)12-10-6-4-3-5-9(10)7-8-16-12/h3-6,12,16,19H,7-8H2,1-2H3/t12-/m0/s1. The Morgan fingerprint density at radius 1 is 1.29 bits per heavy atom. The third-order valence-electron chi connectivity index (χ3n) is 4.07. The molecule has 1 aromatic heterocycles. The van der Waals surface area contributed by atoms with Gasteiger partial charge in [0.15, 0.2) is 4.77 Å². The van der Waals surface area contributed by atoms with Crippen LogP contribution in [0.2, 0.25) is 0 Å². The van der Waals surface area contributed by atoms with Crippen LogP contribution >= 0.6 is 12.2 Å². The van der Waals surface area contributed by atoms with Crippen molar-refractivity contribution >= 4 is 12.2 Å². The van der Waals surface area contributed by atoms with Crippen molar-refractivity contribution in [1.82, 2.24) is 14.5 Å². The van der Waals surface area contributed by atoms with Crippen LogP contribution in [-0.4, -0.2) is 20.8 Å². The number of hydrogen-bond donors (Lipinski definition) is 2. The van der Waals surface area contributed by atoms with Gasteiger partial charge in [-0.25, -0.2) is 0 Å². The SMILES string of the molecule is Cn1c(O)c([C@H]2NCCc3ccccc32)c(=O)n(C)c1=S. The Kier molecular flexibility index (Phi) is 3.43. The number of fused-ring (bicyclic) bond motifs is 1. The molecule has 21 heavy (non-hydrogen) atoms. The van der Waals surface area contributed by atoms with Crippen LogP contribution in [0.5, 0.6) is 5.88 Å². The number of aromatic hydroxyl groups is 1.